The minimum Gasteiger partial charge on any atom is -0.483 e. The van der Waals surface area contributed by atoms with Crippen molar-refractivity contribution in [1.29, 1.82) is 0 Å². The minimum atomic E-state index is -1.09. The van der Waals surface area contributed by atoms with Gasteiger partial charge in [-0.2, -0.15) is 0 Å². The van der Waals surface area contributed by atoms with E-state index in [0.29, 0.717) is 5.75 Å². The lowest BCUT2D eigenvalue weighted by atomic mass is 9.91. The van der Waals surface area contributed by atoms with Crippen molar-refractivity contribution in [1.82, 2.24) is 0 Å². The van der Waals surface area contributed by atoms with E-state index < -0.39 is 18.1 Å². The fourth-order valence-electron chi connectivity index (χ4n) is 2.40. The molecule has 0 bridgehead atoms. The SMILES string of the molecule is NC1C(=O)c2cc(C(=O)O)ccc2OC1c1ccccc1. The number of benzene rings is 2. The van der Waals surface area contributed by atoms with Crippen LogP contribution in [0.1, 0.15) is 32.4 Å². The van der Waals surface area contributed by atoms with Gasteiger partial charge in [-0.1, -0.05) is 30.3 Å². The summed E-state index contributed by atoms with van der Waals surface area (Å²) in [5.74, 6) is -1.04. The Morgan fingerprint density at radius 1 is 1.14 bits per heavy atom. The number of aromatic carboxylic acids is 1. The largest absolute Gasteiger partial charge is 0.483 e. The molecule has 0 saturated heterocycles. The number of carboxylic acids is 1. The van der Waals surface area contributed by atoms with Gasteiger partial charge in [-0.15, -0.1) is 0 Å². The molecule has 21 heavy (non-hydrogen) atoms. The number of ether oxygens (including phenoxy) is 1. The van der Waals surface area contributed by atoms with Gasteiger partial charge in [0.1, 0.15) is 17.9 Å². The van der Waals surface area contributed by atoms with Crippen molar-refractivity contribution < 1.29 is 19.4 Å². The maximum Gasteiger partial charge on any atom is 0.335 e. The van der Waals surface area contributed by atoms with Crippen molar-refractivity contribution in [3.05, 3.63) is 65.2 Å². The van der Waals surface area contributed by atoms with Gasteiger partial charge < -0.3 is 15.6 Å². The van der Waals surface area contributed by atoms with Gasteiger partial charge in [-0.3, -0.25) is 4.79 Å². The lowest BCUT2D eigenvalue weighted by Gasteiger charge is -2.30. The van der Waals surface area contributed by atoms with E-state index in [1.807, 2.05) is 30.3 Å². The summed E-state index contributed by atoms with van der Waals surface area (Å²) >= 11 is 0. The van der Waals surface area contributed by atoms with Crippen LogP contribution in [-0.4, -0.2) is 22.9 Å². The Kier molecular flexibility index (Phi) is 3.19. The molecule has 0 radical (unpaired) electrons. The van der Waals surface area contributed by atoms with Crippen molar-refractivity contribution in [3.8, 4) is 5.75 Å². The second kappa shape index (κ2) is 5.03. The first-order chi connectivity index (χ1) is 10.1. The molecule has 3 N–H and O–H groups in total. The number of nitrogens with two attached hydrogens (primary N) is 1. The molecule has 1 aliphatic heterocycles. The van der Waals surface area contributed by atoms with Crippen LogP contribution in [0.15, 0.2) is 48.5 Å². The molecule has 0 fully saturated rings. The van der Waals surface area contributed by atoms with E-state index >= 15 is 0 Å². The number of ketones is 1. The quantitative estimate of drug-likeness (QED) is 0.880. The van der Waals surface area contributed by atoms with E-state index in [1.165, 1.54) is 18.2 Å². The van der Waals surface area contributed by atoms with Crippen molar-refractivity contribution in [2.75, 3.05) is 0 Å². The zero-order valence-corrected chi connectivity index (χ0v) is 11.0. The third kappa shape index (κ3) is 2.28. The summed E-state index contributed by atoms with van der Waals surface area (Å²) in [6, 6.07) is 12.6. The van der Waals surface area contributed by atoms with Crippen LogP contribution in [0.3, 0.4) is 0 Å². The highest BCUT2D eigenvalue weighted by atomic mass is 16.5. The molecule has 2 aromatic carbocycles. The number of fused-ring (bicyclic) bond motifs is 1. The summed E-state index contributed by atoms with van der Waals surface area (Å²) in [7, 11) is 0. The molecule has 0 aromatic heterocycles. The number of hydrogen-bond donors (Lipinski definition) is 2. The Morgan fingerprint density at radius 3 is 2.52 bits per heavy atom. The van der Waals surface area contributed by atoms with Crippen LogP contribution in [0.4, 0.5) is 0 Å². The fourth-order valence-corrected chi connectivity index (χ4v) is 2.40. The monoisotopic (exact) mass is 283 g/mol. The molecule has 2 aromatic rings. The first kappa shape index (κ1) is 13.3. The van der Waals surface area contributed by atoms with Crippen molar-refractivity contribution in [3.63, 3.8) is 0 Å². The Bertz CT molecular complexity index is 711. The molecule has 2 atom stereocenters. The van der Waals surface area contributed by atoms with Gasteiger partial charge in [0, 0.05) is 0 Å². The minimum absolute atomic E-state index is 0.0380. The summed E-state index contributed by atoms with van der Waals surface area (Å²) in [5, 5.41) is 8.99. The summed E-state index contributed by atoms with van der Waals surface area (Å²) in [4.78, 5) is 23.4. The van der Waals surface area contributed by atoms with Gasteiger partial charge in [0.25, 0.3) is 0 Å². The molecule has 2 unspecified atom stereocenters. The van der Waals surface area contributed by atoms with Crippen molar-refractivity contribution in [2.45, 2.75) is 12.1 Å². The number of Topliss-reactive ketones (excluding diaryl/α,β-unsaturated/α-hetero) is 1. The van der Waals surface area contributed by atoms with E-state index in [9.17, 15) is 9.59 Å². The van der Waals surface area contributed by atoms with Crippen LogP contribution in [0, 0.1) is 0 Å². The molecular formula is C16H13NO4. The van der Waals surface area contributed by atoms with Crippen LogP contribution >= 0.6 is 0 Å². The van der Waals surface area contributed by atoms with Gasteiger partial charge in [0.15, 0.2) is 5.78 Å². The van der Waals surface area contributed by atoms with Crippen LogP contribution < -0.4 is 10.5 Å². The zero-order chi connectivity index (χ0) is 15.0. The fraction of sp³-hybridized carbons (Fsp3) is 0.125. The third-order valence-corrected chi connectivity index (χ3v) is 3.50. The number of carbonyl (C=O) groups is 2. The lowest BCUT2D eigenvalue weighted by Crippen LogP contribution is -2.43. The van der Waals surface area contributed by atoms with Gasteiger partial charge >= 0.3 is 5.97 Å². The van der Waals surface area contributed by atoms with Gasteiger partial charge in [-0.05, 0) is 23.8 Å². The molecule has 106 valence electrons. The first-order valence-electron chi connectivity index (χ1n) is 6.46. The second-order valence-corrected chi connectivity index (χ2v) is 4.86. The Morgan fingerprint density at radius 2 is 1.86 bits per heavy atom. The van der Waals surface area contributed by atoms with Gasteiger partial charge in [0.2, 0.25) is 0 Å². The first-order valence-corrected chi connectivity index (χ1v) is 6.46. The summed E-state index contributed by atoms with van der Waals surface area (Å²) < 4.78 is 5.80. The molecule has 3 rings (SSSR count). The molecular weight excluding hydrogens is 270 g/mol. The second-order valence-electron chi connectivity index (χ2n) is 4.86. The predicted octanol–water partition coefficient (Wildman–Crippen LogP) is 2.03. The van der Waals surface area contributed by atoms with Crippen LogP contribution in [-0.2, 0) is 0 Å². The van der Waals surface area contributed by atoms with E-state index in [-0.39, 0.29) is 16.9 Å². The summed E-state index contributed by atoms with van der Waals surface area (Å²) in [6.07, 6.45) is -0.568. The highest BCUT2D eigenvalue weighted by molar-refractivity contribution is 6.05. The van der Waals surface area contributed by atoms with Crippen molar-refractivity contribution in [2.24, 2.45) is 5.73 Å². The molecule has 1 aliphatic rings. The van der Waals surface area contributed by atoms with E-state index in [0.717, 1.165) is 5.56 Å². The van der Waals surface area contributed by atoms with Crippen LogP contribution in [0.2, 0.25) is 0 Å². The highest BCUT2D eigenvalue weighted by Crippen LogP contribution is 2.34. The number of carbonyl (C=O) groups excluding carboxylic acids is 1. The molecule has 0 amide bonds. The summed E-state index contributed by atoms with van der Waals surface area (Å²) in [5.41, 5.74) is 7.04. The van der Waals surface area contributed by atoms with E-state index in [4.69, 9.17) is 15.6 Å². The predicted molar refractivity (Wildman–Crippen MR) is 75.5 cm³/mol. The normalized spacial score (nSPS) is 20.5. The third-order valence-electron chi connectivity index (χ3n) is 3.50. The van der Waals surface area contributed by atoms with Crippen LogP contribution in [0.25, 0.3) is 0 Å². The number of hydrogen-bond acceptors (Lipinski definition) is 4. The lowest BCUT2D eigenvalue weighted by molar-refractivity contribution is 0.0696. The number of carboxylic acid groups (broad SMARTS) is 1. The van der Waals surface area contributed by atoms with Crippen LogP contribution in [0.5, 0.6) is 5.75 Å². The topological polar surface area (TPSA) is 89.6 Å². The Hall–Kier alpha value is -2.66. The highest BCUT2D eigenvalue weighted by Gasteiger charge is 2.35. The molecule has 5 heteroatoms. The standard InChI is InChI=1S/C16H13NO4/c17-13-14(18)11-8-10(16(19)20)6-7-12(11)21-15(13)9-4-2-1-3-5-9/h1-8,13,15H,17H2,(H,19,20). The molecule has 0 aliphatic carbocycles. The van der Waals surface area contributed by atoms with Crippen molar-refractivity contribution >= 4 is 11.8 Å². The average molecular weight is 283 g/mol. The van der Waals surface area contributed by atoms with Gasteiger partial charge in [-0.25, -0.2) is 4.79 Å². The molecule has 1 heterocycles. The number of rotatable bonds is 2. The molecule has 5 nitrogen and oxygen atoms in total. The van der Waals surface area contributed by atoms with E-state index in [2.05, 4.69) is 0 Å². The average Bonchev–Trinajstić information content (AvgIpc) is 2.51. The maximum atomic E-state index is 12.4. The van der Waals surface area contributed by atoms with Gasteiger partial charge in [0.05, 0.1) is 11.1 Å². The molecule has 0 spiro atoms. The Balaban J connectivity index is 2.03. The Labute approximate surface area is 121 Å². The van der Waals surface area contributed by atoms with E-state index in [1.54, 1.807) is 0 Å². The maximum absolute atomic E-state index is 12.4. The smallest absolute Gasteiger partial charge is 0.335 e. The zero-order valence-electron chi connectivity index (χ0n) is 11.0. The molecule has 0 saturated carbocycles. The summed E-state index contributed by atoms with van der Waals surface area (Å²) in [6.45, 7) is 0.